The molecule has 0 aliphatic carbocycles. The normalized spacial score (nSPS) is 11.2. The standard InChI is InChI=1S/C20H23ClFN3O3/c1-4-15(5-2)23-18(26)12-28-19(27)11-10-17-13(3)24-25(20(17)21)16-8-6-14(22)7-9-16/h6-11,15H,4-5,12H2,1-3H3,(H,23,26)/b11-10+. The molecule has 0 saturated carbocycles. The van der Waals surface area contributed by atoms with E-state index in [0.29, 0.717) is 16.9 Å². The van der Waals surface area contributed by atoms with Crippen LogP contribution in [-0.4, -0.2) is 34.3 Å². The number of ether oxygens (including phenoxy) is 1. The van der Waals surface area contributed by atoms with Crippen LogP contribution in [0.4, 0.5) is 4.39 Å². The van der Waals surface area contributed by atoms with Crippen molar-refractivity contribution >= 4 is 29.6 Å². The Morgan fingerprint density at radius 1 is 1.29 bits per heavy atom. The second-order valence-electron chi connectivity index (χ2n) is 6.20. The van der Waals surface area contributed by atoms with Crippen molar-refractivity contribution in [2.45, 2.75) is 39.7 Å². The van der Waals surface area contributed by atoms with Crippen LogP contribution in [0.2, 0.25) is 5.15 Å². The number of benzene rings is 1. The molecule has 2 rings (SSSR count). The number of aromatic nitrogens is 2. The molecule has 0 radical (unpaired) electrons. The Hall–Kier alpha value is -2.67. The molecule has 8 heteroatoms. The largest absolute Gasteiger partial charge is 0.452 e. The monoisotopic (exact) mass is 407 g/mol. The predicted molar refractivity (Wildman–Crippen MR) is 106 cm³/mol. The molecule has 1 N–H and O–H groups in total. The van der Waals surface area contributed by atoms with E-state index in [0.717, 1.165) is 12.8 Å². The average Bonchev–Trinajstić information content (AvgIpc) is 2.97. The van der Waals surface area contributed by atoms with E-state index in [-0.39, 0.29) is 29.5 Å². The van der Waals surface area contributed by atoms with Gasteiger partial charge >= 0.3 is 5.97 Å². The van der Waals surface area contributed by atoms with Gasteiger partial charge in [0.1, 0.15) is 11.0 Å². The van der Waals surface area contributed by atoms with Gasteiger partial charge in [0.05, 0.1) is 11.4 Å². The number of aryl methyl sites for hydroxylation is 1. The van der Waals surface area contributed by atoms with Crippen molar-refractivity contribution in [2.75, 3.05) is 6.61 Å². The summed E-state index contributed by atoms with van der Waals surface area (Å²) in [5, 5.41) is 7.37. The highest BCUT2D eigenvalue weighted by molar-refractivity contribution is 6.31. The van der Waals surface area contributed by atoms with Crippen molar-refractivity contribution in [2.24, 2.45) is 0 Å². The van der Waals surface area contributed by atoms with Crippen LogP contribution in [0, 0.1) is 12.7 Å². The van der Waals surface area contributed by atoms with E-state index in [2.05, 4.69) is 10.4 Å². The lowest BCUT2D eigenvalue weighted by molar-refractivity contribution is -0.144. The number of halogens is 2. The molecule has 0 atom stereocenters. The molecule has 1 aromatic heterocycles. The molecule has 6 nitrogen and oxygen atoms in total. The topological polar surface area (TPSA) is 73.2 Å². The number of carbonyl (C=O) groups is 2. The third-order valence-corrected chi connectivity index (χ3v) is 4.57. The highest BCUT2D eigenvalue weighted by Crippen LogP contribution is 2.24. The third kappa shape index (κ3) is 5.66. The van der Waals surface area contributed by atoms with Crippen LogP contribution in [0.15, 0.2) is 30.3 Å². The molecule has 0 saturated heterocycles. The van der Waals surface area contributed by atoms with E-state index in [4.69, 9.17) is 16.3 Å². The Balaban J connectivity index is 2.01. The maximum Gasteiger partial charge on any atom is 0.331 e. The van der Waals surface area contributed by atoms with Gasteiger partial charge in [-0.15, -0.1) is 0 Å². The van der Waals surface area contributed by atoms with Crippen molar-refractivity contribution in [3.05, 3.63) is 52.6 Å². The van der Waals surface area contributed by atoms with Crippen LogP contribution in [0.5, 0.6) is 0 Å². The highest BCUT2D eigenvalue weighted by Gasteiger charge is 2.14. The maximum atomic E-state index is 13.1. The van der Waals surface area contributed by atoms with Gasteiger partial charge in [-0.1, -0.05) is 25.4 Å². The van der Waals surface area contributed by atoms with Crippen LogP contribution in [0.1, 0.15) is 37.9 Å². The fourth-order valence-corrected chi connectivity index (χ4v) is 2.89. The Morgan fingerprint density at radius 3 is 2.54 bits per heavy atom. The molecule has 0 spiro atoms. The number of esters is 1. The van der Waals surface area contributed by atoms with Gasteiger partial charge in [0, 0.05) is 17.7 Å². The quantitative estimate of drug-likeness (QED) is 0.533. The van der Waals surface area contributed by atoms with E-state index < -0.39 is 5.97 Å². The Kier molecular flexibility index (Phi) is 7.75. The van der Waals surface area contributed by atoms with Gasteiger partial charge < -0.3 is 10.1 Å². The summed E-state index contributed by atoms with van der Waals surface area (Å²) in [6.07, 6.45) is 4.29. The van der Waals surface area contributed by atoms with E-state index in [1.54, 1.807) is 19.1 Å². The number of amides is 1. The Labute approximate surface area is 168 Å². The van der Waals surface area contributed by atoms with Gasteiger partial charge in [0.25, 0.3) is 5.91 Å². The summed E-state index contributed by atoms with van der Waals surface area (Å²) in [7, 11) is 0. The summed E-state index contributed by atoms with van der Waals surface area (Å²) >= 11 is 6.34. The third-order valence-electron chi connectivity index (χ3n) is 4.20. The van der Waals surface area contributed by atoms with Crippen molar-refractivity contribution in [3.63, 3.8) is 0 Å². The second kappa shape index (κ2) is 10.0. The van der Waals surface area contributed by atoms with Crippen molar-refractivity contribution in [3.8, 4) is 5.69 Å². The van der Waals surface area contributed by atoms with Crippen LogP contribution >= 0.6 is 11.6 Å². The van der Waals surface area contributed by atoms with Gasteiger partial charge in [0.15, 0.2) is 6.61 Å². The molecule has 0 aliphatic rings. The Bertz CT molecular complexity index is 858. The van der Waals surface area contributed by atoms with Crippen LogP contribution in [-0.2, 0) is 14.3 Å². The number of nitrogens with zero attached hydrogens (tertiary/aromatic N) is 2. The predicted octanol–water partition coefficient (Wildman–Crippen LogP) is 3.83. The van der Waals surface area contributed by atoms with E-state index in [1.165, 1.54) is 29.0 Å². The summed E-state index contributed by atoms with van der Waals surface area (Å²) in [4.78, 5) is 23.7. The summed E-state index contributed by atoms with van der Waals surface area (Å²) < 4.78 is 19.5. The van der Waals surface area contributed by atoms with E-state index >= 15 is 0 Å². The number of hydrogen-bond donors (Lipinski definition) is 1. The molecule has 150 valence electrons. The first-order valence-corrected chi connectivity index (χ1v) is 9.38. The minimum atomic E-state index is -0.662. The van der Waals surface area contributed by atoms with E-state index in [1.807, 2.05) is 13.8 Å². The highest BCUT2D eigenvalue weighted by atomic mass is 35.5. The van der Waals surface area contributed by atoms with Gasteiger partial charge in [-0.2, -0.15) is 5.10 Å². The first-order valence-electron chi connectivity index (χ1n) is 9.00. The van der Waals surface area contributed by atoms with Gasteiger partial charge in [-0.25, -0.2) is 13.9 Å². The van der Waals surface area contributed by atoms with E-state index in [9.17, 15) is 14.0 Å². The lowest BCUT2D eigenvalue weighted by Crippen LogP contribution is -2.36. The molecular formula is C20H23ClFN3O3. The summed E-state index contributed by atoms with van der Waals surface area (Å²) in [5.41, 5.74) is 1.71. The smallest absolute Gasteiger partial charge is 0.331 e. The first kappa shape index (κ1) is 21.6. The zero-order valence-corrected chi connectivity index (χ0v) is 16.8. The molecule has 28 heavy (non-hydrogen) atoms. The number of hydrogen-bond acceptors (Lipinski definition) is 4. The van der Waals surface area contributed by atoms with Crippen LogP contribution in [0.3, 0.4) is 0 Å². The summed E-state index contributed by atoms with van der Waals surface area (Å²) in [6, 6.07) is 5.78. The summed E-state index contributed by atoms with van der Waals surface area (Å²) in [6.45, 7) is 5.34. The number of carbonyl (C=O) groups excluding carboxylic acids is 2. The van der Waals surface area contributed by atoms with Gasteiger partial charge in [-0.3, -0.25) is 4.79 Å². The molecule has 1 aromatic carbocycles. The number of nitrogens with one attached hydrogen (secondary N) is 1. The lowest BCUT2D eigenvalue weighted by Gasteiger charge is -2.14. The SMILES string of the molecule is CCC(CC)NC(=O)COC(=O)/C=C/c1c(C)nn(-c2ccc(F)cc2)c1Cl. The van der Waals surface area contributed by atoms with Crippen LogP contribution < -0.4 is 5.32 Å². The molecular weight excluding hydrogens is 385 g/mol. The molecule has 2 aromatic rings. The number of rotatable bonds is 8. The Morgan fingerprint density at radius 2 is 1.93 bits per heavy atom. The van der Waals surface area contributed by atoms with Crippen molar-refractivity contribution in [1.29, 1.82) is 0 Å². The fourth-order valence-electron chi connectivity index (χ4n) is 2.55. The molecule has 0 fully saturated rings. The van der Waals surface area contributed by atoms with Crippen molar-refractivity contribution in [1.82, 2.24) is 15.1 Å². The minimum Gasteiger partial charge on any atom is -0.452 e. The zero-order chi connectivity index (χ0) is 20.7. The fraction of sp³-hybridized carbons (Fsp3) is 0.350. The zero-order valence-electron chi connectivity index (χ0n) is 16.0. The molecule has 1 amide bonds. The summed E-state index contributed by atoms with van der Waals surface area (Å²) in [5.74, 6) is -1.36. The minimum absolute atomic E-state index is 0.0699. The van der Waals surface area contributed by atoms with Gasteiger partial charge in [-0.05, 0) is 50.1 Å². The molecule has 1 heterocycles. The lowest BCUT2D eigenvalue weighted by atomic mass is 10.2. The second-order valence-corrected chi connectivity index (χ2v) is 6.56. The van der Waals surface area contributed by atoms with Crippen LogP contribution in [0.25, 0.3) is 11.8 Å². The molecule has 0 unspecified atom stereocenters. The van der Waals surface area contributed by atoms with Crippen molar-refractivity contribution < 1.29 is 18.7 Å². The molecule has 0 aliphatic heterocycles. The first-order chi connectivity index (χ1) is 13.3. The van der Waals surface area contributed by atoms with Gasteiger partial charge in [0.2, 0.25) is 0 Å². The average molecular weight is 408 g/mol. The maximum absolute atomic E-state index is 13.1. The molecule has 0 bridgehead atoms.